The molecule has 1 aromatic rings. The molecule has 1 aliphatic rings. The van der Waals surface area contributed by atoms with Crippen LogP contribution in [0.1, 0.15) is 5.56 Å². The maximum Gasteiger partial charge on any atom is 0.290 e. The van der Waals surface area contributed by atoms with Crippen molar-refractivity contribution >= 4 is 58.2 Å². The minimum Gasteiger partial charge on any atom is -0.507 e. The van der Waals surface area contributed by atoms with Gasteiger partial charge in [0.1, 0.15) is 13.6 Å². The highest BCUT2D eigenvalue weighted by atomic mass is 79.9. The second-order valence-corrected chi connectivity index (χ2v) is 5.39. The molecule has 1 aliphatic heterocycles. The number of carbonyl (C=O) groups is 2. The molecule has 0 bridgehead atoms. The lowest BCUT2D eigenvalue weighted by Crippen LogP contribution is -2.17. The SMILES string of the molecule is Bc1cc(/C=C2\SC(=O)NC2=O)cc(Br)c1O. The Morgan fingerprint density at radius 1 is 1.41 bits per heavy atom. The van der Waals surface area contributed by atoms with Gasteiger partial charge in [0.25, 0.3) is 11.1 Å². The molecule has 1 aromatic carbocycles. The molecule has 1 heterocycles. The van der Waals surface area contributed by atoms with Crippen molar-refractivity contribution in [1.29, 1.82) is 0 Å². The summed E-state index contributed by atoms with van der Waals surface area (Å²) in [4.78, 5) is 22.7. The van der Waals surface area contributed by atoms with Crippen LogP contribution < -0.4 is 10.8 Å². The molecule has 0 spiro atoms. The van der Waals surface area contributed by atoms with E-state index in [-0.39, 0.29) is 16.9 Å². The van der Waals surface area contributed by atoms with Crippen LogP contribution in [0.25, 0.3) is 6.08 Å². The first-order valence-corrected chi connectivity index (χ1v) is 6.32. The summed E-state index contributed by atoms with van der Waals surface area (Å²) in [5.74, 6) is -0.214. The number of aromatic hydroxyl groups is 1. The van der Waals surface area contributed by atoms with Gasteiger partial charge < -0.3 is 5.11 Å². The zero-order chi connectivity index (χ0) is 12.6. The van der Waals surface area contributed by atoms with E-state index in [4.69, 9.17) is 0 Å². The van der Waals surface area contributed by atoms with Crippen LogP contribution in [0.5, 0.6) is 5.75 Å². The highest BCUT2D eigenvalue weighted by Gasteiger charge is 2.24. The number of thioether (sulfide) groups is 1. The van der Waals surface area contributed by atoms with Crippen molar-refractivity contribution in [3.05, 3.63) is 27.1 Å². The van der Waals surface area contributed by atoms with E-state index < -0.39 is 0 Å². The third kappa shape index (κ3) is 2.55. The smallest absolute Gasteiger partial charge is 0.290 e. The summed E-state index contributed by atoms with van der Waals surface area (Å²) in [5, 5.41) is 11.4. The first-order chi connectivity index (χ1) is 7.97. The summed E-state index contributed by atoms with van der Waals surface area (Å²) < 4.78 is 0.555. The number of imide groups is 1. The van der Waals surface area contributed by atoms with E-state index in [0.29, 0.717) is 14.8 Å². The fourth-order valence-electron chi connectivity index (χ4n) is 1.42. The molecule has 0 aliphatic carbocycles. The van der Waals surface area contributed by atoms with Gasteiger partial charge >= 0.3 is 0 Å². The van der Waals surface area contributed by atoms with Gasteiger partial charge in [0, 0.05) is 0 Å². The summed E-state index contributed by atoms with van der Waals surface area (Å²) in [6.45, 7) is 0. The zero-order valence-electron chi connectivity index (χ0n) is 8.78. The molecule has 1 fully saturated rings. The number of hydrogen-bond donors (Lipinski definition) is 2. The Bertz CT molecular complexity index is 535. The molecule has 0 unspecified atom stereocenters. The first kappa shape index (κ1) is 12.3. The third-order valence-electron chi connectivity index (χ3n) is 2.22. The van der Waals surface area contributed by atoms with Gasteiger partial charge in [-0.15, -0.1) is 0 Å². The number of benzene rings is 1. The Hall–Kier alpha value is -1.21. The third-order valence-corrected chi connectivity index (χ3v) is 3.63. The van der Waals surface area contributed by atoms with E-state index in [9.17, 15) is 14.7 Å². The fourth-order valence-corrected chi connectivity index (χ4v) is 2.68. The molecule has 0 saturated carbocycles. The van der Waals surface area contributed by atoms with Crippen molar-refractivity contribution in [2.45, 2.75) is 0 Å². The topological polar surface area (TPSA) is 66.4 Å². The molecule has 2 rings (SSSR count). The maximum atomic E-state index is 11.3. The van der Waals surface area contributed by atoms with Gasteiger partial charge in [-0.1, -0.05) is 6.07 Å². The Morgan fingerprint density at radius 3 is 2.65 bits per heavy atom. The average molecular weight is 312 g/mol. The number of carbonyl (C=O) groups excluding carboxylic acids is 2. The number of nitrogens with one attached hydrogen (secondary N) is 1. The monoisotopic (exact) mass is 311 g/mol. The molecule has 2 N–H and O–H groups in total. The minimum absolute atomic E-state index is 0.173. The van der Waals surface area contributed by atoms with Gasteiger partial charge in [-0.05, 0) is 50.9 Å². The largest absolute Gasteiger partial charge is 0.507 e. The van der Waals surface area contributed by atoms with Gasteiger partial charge in [-0.25, -0.2) is 0 Å². The lowest BCUT2D eigenvalue weighted by atomic mass is 9.93. The van der Waals surface area contributed by atoms with Crippen molar-refractivity contribution in [1.82, 2.24) is 5.32 Å². The van der Waals surface area contributed by atoms with Crippen LogP contribution in [0, 0.1) is 0 Å². The molecular weight excluding hydrogens is 305 g/mol. The van der Waals surface area contributed by atoms with Crippen molar-refractivity contribution in [3.63, 3.8) is 0 Å². The molecule has 0 aromatic heterocycles. The van der Waals surface area contributed by atoms with Crippen LogP contribution in [0.2, 0.25) is 0 Å². The lowest BCUT2D eigenvalue weighted by Gasteiger charge is -2.04. The lowest BCUT2D eigenvalue weighted by molar-refractivity contribution is -0.115. The molecule has 17 heavy (non-hydrogen) atoms. The van der Waals surface area contributed by atoms with Gasteiger partial charge in [0.2, 0.25) is 0 Å². The van der Waals surface area contributed by atoms with Crippen LogP contribution in [-0.2, 0) is 4.79 Å². The van der Waals surface area contributed by atoms with E-state index in [1.807, 2.05) is 0 Å². The van der Waals surface area contributed by atoms with E-state index in [0.717, 1.165) is 17.3 Å². The quantitative estimate of drug-likeness (QED) is 0.593. The fraction of sp³-hybridized carbons (Fsp3) is 0. The first-order valence-electron chi connectivity index (χ1n) is 4.71. The Morgan fingerprint density at radius 2 is 2.12 bits per heavy atom. The predicted octanol–water partition coefficient (Wildman–Crippen LogP) is 0.737. The zero-order valence-corrected chi connectivity index (χ0v) is 11.2. The number of hydrogen-bond acceptors (Lipinski definition) is 4. The second kappa shape index (κ2) is 4.58. The van der Waals surface area contributed by atoms with Crippen molar-refractivity contribution in [2.24, 2.45) is 0 Å². The maximum absolute atomic E-state index is 11.3. The predicted molar refractivity (Wildman–Crippen MR) is 73.1 cm³/mol. The molecule has 4 nitrogen and oxygen atoms in total. The summed E-state index contributed by atoms with van der Waals surface area (Å²) >= 11 is 4.09. The van der Waals surface area contributed by atoms with Gasteiger partial charge in [-0.2, -0.15) is 0 Å². The molecule has 0 radical (unpaired) electrons. The summed E-state index contributed by atoms with van der Waals surface area (Å²) in [6, 6.07) is 3.43. The van der Waals surface area contributed by atoms with Crippen LogP contribution >= 0.6 is 27.7 Å². The Balaban J connectivity index is 2.40. The molecule has 1 saturated heterocycles. The number of amides is 2. The van der Waals surface area contributed by atoms with Gasteiger partial charge in [0.05, 0.1) is 9.38 Å². The normalized spacial score (nSPS) is 17.6. The van der Waals surface area contributed by atoms with E-state index in [1.165, 1.54) is 0 Å². The van der Waals surface area contributed by atoms with E-state index in [1.54, 1.807) is 26.1 Å². The number of rotatable bonds is 1. The van der Waals surface area contributed by atoms with Crippen LogP contribution in [0.15, 0.2) is 21.5 Å². The molecule has 2 amide bonds. The Labute approximate surface area is 111 Å². The summed E-state index contributed by atoms with van der Waals surface area (Å²) in [6.07, 6.45) is 1.61. The average Bonchev–Trinajstić information content (AvgIpc) is 2.54. The second-order valence-electron chi connectivity index (χ2n) is 3.52. The number of phenols is 1. The highest BCUT2D eigenvalue weighted by molar-refractivity contribution is 9.10. The number of halogens is 1. The van der Waals surface area contributed by atoms with Crippen molar-refractivity contribution in [3.8, 4) is 5.75 Å². The van der Waals surface area contributed by atoms with Crippen LogP contribution in [0.4, 0.5) is 4.79 Å². The molecular formula is C10H7BBrNO3S. The van der Waals surface area contributed by atoms with E-state index in [2.05, 4.69) is 21.2 Å². The van der Waals surface area contributed by atoms with E-state index >= 15 is 0 Å². The van der Waals surface area contributed by atoms with Crippen molar-refractivity contribution in [2.75, 3.05) is 0 Å². The minimum atomic E-state index is -0.387. The van der Waals surface area contributed by atoms with Crippen LogP contribution in [-0.4, -0.2) is 24.1 Å². The molecule has 7 heteroatoms. The molecule has 86 valence electrons. The van der Waals surface area contributed by atoms with Gasteiger partial charge in [-0.3, -0.25) is 14.9 Å². The highest BCUT2D eigenvalue weighted by Crippen LogP contribution is 2.28. The standard InChI is InChI=1S/C10H7BBrNO3S/c11-5-1-4(2-6(12)8(5)14)3-7-9(15)13-10(16)17-7/h1-3,14H,11H2,(H,13,15,16)/b7-3-. The number of phenolic OH excluding ortho intramolecular Hbond substituents is 1. The summed E-state index contributed by atoms with van der Waals surface area (Å²) in [5.41, 5.74) is 1.44. The Kier molecular flexibility index (Phi) is 3.30. The van der Waals surface area contributed by atoms with Crippen molar-refractivity contribution < 1.29 is 14.7 Å². The van der Waals surface area contributed by atoms with Crippen LogP contribution in [0.3, 0.4) is 0 Å². The summed E-state index contributed by atoms with van der Waals surface area (Å²) in [7, 11) is 1.76. The van der Waals surface area contributed by atoms with Gasteiger partial charge in [0.15, 0.2) is 0 Å². The molecule has 0 atom stereocenters.